The molecular formula is C22H24N4O2. The molecule has 0 saturated carbocycles. The Balaban J connectivity index is 1.66. The first-order chi connectivity index (χ1) is 13.6. The van der Waals surface area contributed by atoms with Crippen LogP contribution in [-0.2, 0) is 4.74 Å². The molecule has 6 heteroatoms. The topological polar surface area (TPSA) is 67.4 Å². The lowest BCUT2D eigenvalue weighted by Crippen LogP contribution is -2.36. The Morgan fingerprint density at radius 2 is 1.86 bits per heavy atom. The number of amides is 1. The van der Waals surface area contributed by atoms with Crippen LogP contribution in [0.2, 0.25) is 0 Å². The first-order valence-electron chi connectivity index (χ1n) is 9.61. The third-order valence-electron chi connectivity index (χ3n) is 4.74. The summed E-state index contributed by atoms with van der Waals surface area (Å²) in [5, 5.41) is 2.93. The van der Waals surface area contributed by atoms with E-state index >= 15 is 0 Å². The summed E-state index contributed by atoms with van der Waals surface area (Å²) in [6.45, 7) is 6.99. The molecular weight excluding hydrogens is 352 g/mol. The number of benzene rings is 2. The van der Waals surface area contributed by atoms with Gasteiger partial charge in [-0.3, -0.25) is 9.78 Å². The van der Waals surface area contributed by atoms with E-state index in [-0.39, 0.29) is 11.9 Å². The third kappa shape index (κ3) is 3.97. The van der Waals surface area contributed by atoms with E-state index in [1.165, 1.54) is 0 Å². The lowest BCUT2D eigenvalue weighted by molar-refractivity contribution is 0.0943. The second kappa shape index (κ2) is 7.94. The van der Waals surface area contributed by atoms with Gasteiger partial charge in [-0.1, -0.05) is 18.2 Å². The van der Waals surface area contributed by atoms with Crippen LogP contribution in [0.15, 0.2) is 48.7 Å². The number of fused-ring (bicyclic) bond motifs is 1. The Morgan fingerprint density at radius 1 is 1.07 bits per heavy atom. The summed E-state index contributed by atoms with van der Waals surface area (Å²) >= 11 is 0. The maximum atomic E-state index is 12.3. The van der Waals surface area contributed by atoms with Gasteiger partial charge in [0.1, 0.15) is 5.82 Å². The van der Waals surface area contributed by atoms with Crippen molar-refractivity contribution >= 4 is 22.8 Å². The largest absolute Gasteiger partial charge is 0.378 e. The molecule has 4 rings (SSSR count). The fraction of sp³-hybridized carbons (Fsp3) is 0.318. The molecule has 1 saturated heterocycles. The summed E-state index contributed by atoms with van der Waals surface area (Å²) in [6.07, 6.45) is 1.82. The number of carbonyl (C=O) groups is 1. The number of aromatic nitrogens is 2. The minimum atomic E-state index is -0.0629. The van der Waals surface area contributed by atoms with Gasteiger partial charge in [0.25, 0.3) is 5.91 Å². The molecule has 0 bridgehead atoms. The van der Waals surface area contributed by atoms with Gasteiger partial charge in [0.2, 0.25) is 0 Å². The summed E-state index contributed by atoms with van der Waals surface area (Å²) < 4.78 is 5.42. The maximum Gasteiger partial charge on any atom is 0.251 e. The van der Waals surface area contributed by atoms with Crippen molar-refractivity contribution in [3.05, 3.63) is 54.2 Å². The number of rotatable bonds is 4. The molecule has 0 atom stereocenters. The zero-order chi connectivity index (χ0) is 19.5. The molecule has 1 fully saturated rings. The Bertz CT molecular complexity index is 997. The highest BCUT2D eigenvalue weighted by molar-refractivity contribution is 5.96. The molecule has 0 radical (unpaired) electrons. The average molecular weight is 376 g/mol. The van der Waals surface area contributed by atoms with Gasteiger partial charge in [-0.05, 0) is 49.2 Å². The molecule has 1 N–H and O–H groups in total. The summed E-state index contributed by atoms with van der Waals surface area (Å²) in [4.78, 5) is 23.9. The van der Waals surface area contributed by atoms with Gasteiger partial charge < -0.3 is 15.0 Å². The first-order valence-corrected chi connectivity index (χ1v) is 9.61. The minimum Gasteiger partial charge on any atom is -0.378 e. The molecule has 1 amide bonds. The van der Waals surface area contributed by atoms with E-state index in [0.29, 0.717) is 18.8 Å². The van der Waals surface area contributed by atoms with Crippen LogP contribution < -0.4 is 10.2 Å². The molecule has 3 aromatic rings. The number of nitrogens with zero attached hydrogens (tertiary/aromatic N) is 3. The number of hydrogen-bond acceptors (Lipinski definition) is 5. The van der Waals surface area contributed by atoms with E-state index in [2.05, 4.69) is 15.2 Å². The summed E-state index contributed by atoms with van der Waals surface area (Å²) in [7, 11) is 0. The summed E-state index contributed by atoms with van der Waals surface area (Å²) in [5.41, 5.74) is 4.35. The van der Waals surface area contributed by atoms with Gasteiger partial charge >= 0.3 is 0 Å². The lowest BCUT2D eigenvalue weighted by Gasteiger charge is -2.27. The van der Waals surface area contributed by atoms with Crippen molar-refractivity contribution < 1.29 is 9.53 Å². The molecule has 1 aliphatic rings. The fourth-order valence-corrected chi connectivity index (χ4v) is 3.31. The van der Waals surface area contributed by atoms with Crippen molar-refractivity contribution in [3.8, 4) is 11.1 Å². The van der Waals surface area contributed by atoms with E-state index in [9.17, 15) is 4.79 Å². The molecule has 0 aliphatic carbocycles. The molecule has 28 heavy (non-hydrogen) atoms. The Morgan fingerprint density at radius 3 is 2.64 bits per heavy atom. The fourth-order valence-electron chi connectivity index (χ4n) is 3.31. The van der Waals surface area contributed by atoms with Crippen LogP contribution >= 0.6 is 0 Å². The molecule has 144 valence electrons. The third-order valence-corrected chi connectivity index (χ3v) is 4.74. The van der Waals surface area contributed by atoms with Crippen molar-refractivity contribution in [1.82, 2.24) is 15.3 Å². The predicted octanol–water partition coefficient (Wildman–Crippen LogP) is 3.27. The highest BCUT2D eigenvalue weighted by atomic mass is 16.5. The van der Waals surface area contributed by atoms with Crippen LogP contribution in [0.3, 0.4) is 0 Å². The lowest BCUT2D eigenvalue weighted by atomic mass is 10.0. The molecule has 2 heterocycles. The van der Waals surface area contributed by atoms with Crippen molar-refractivity contribution in [1.29, 1.82) is 0 Å². The predicted molar refractivity (Wildman–Crippen MR) is 111 cm³/mol. The van der Waals surface area contributed by atoms with Gasteiger partial charge in [0, 0.05) is 24.7 Å². The zero-order valence-corrected chi connectivity index (χ0v) is 16.2. The summed E-state index contributed by atoms with van der Waals surface area (Å²) in [6, 6.07) is 13.8. The average Bonchev–Trinajstić information content (AvgIpc) is 2.73. The Labute approximate surface area is 164 Å². The van der Waals surface area contributed by atoms with Crippen molar-refractivity contribution in [2.24, 2.45) is 0 Å². The van der Waals surface area contributed by atoms with E-state index in [0.717, 1.165) is 41.1 Å². The van der Waals surface area contributed by atoms with Gasteiger partial charge in [-0.25, -0.2) is 4.98 Å². The summed E-state index contributed by atoms with van der Waals surface area (Å²) in [5.74, 6) is 0.810. The normalized spacial score (nSPS) is 14.5. The second-order valence-electron chi connectivity index (χ2n) is 7.24. The molecule has 0 unspecified atom stereocenters. The quantitative estimate of drug-likeness (QED) is 0.757. The van der Waals surface area contributed by atoms with E-state index < -0.39 is 0 Å². The van der Waals surface area contributed by atoms with Crippen LogP contribution in [0.5, 0.6) is 0 Å². The van der Waals surface area contributed by atoms with Crippen LogP contribution in [-0.4, -0.2) is 48.2 Å². The number of anilines is 1. The molecule has 1 aromatic heterocycles. The smallest absolute Gasteiger partial charge is 0.251 e. The van der Waals surface area contributed by atoms with Gasteiger partial charge in [-0.15, -0.1) is 0 Å². The van der Waals surface area contributed by atoms with E-state index in [4.69, 9.17) is 9.72 Å². The first kappa shape index (κ1) is 18.4. The number of morpholine rings is 1. The Kier molecular flexibility index (Phi) is 5.21. The van der Waals surface area contributed by atoms with Gasteiger partial charge in [0.05, 0.1) is 30.4 Å². The molecule has 6 nitrogen and oxygen atoms in total. The SMILES string of the molecule is CC(C)NC(=O)c1cccc(-c2ccc3ncc(N4CCOCC4)nc3c2)c1. The van der Waals surface area contributed by atoms with Crippen LogP contribution in [0.4, 0.5) is 5.82 Å². The molecule has 0 spiro atoms. The monoisotopic (exact) mass is 376 g/mol. The molecule has 2 aromatic carbocycles. The van der Waals surface area contributed by atoms with E-state index in [1.54, 1.807) is 0 Å². The highest BCUT2D eigenvalue weighted by Gasteiger charge is 2.14. The van der Waals surface area contributed by atoms with Crippen molar-refractivity contribution in [2.75, 3.05) is 31.2 Å². The standard InChI is InChI=1S/C22H24N4O2/c1-15(2)24-22(27)18-5-3-4-16(12-18)17-6-7-19-20(13-17)25-21(14-23-19)26-8-10-28-11-9-26/h3-7,12-15H,8-11H2,1-2H3,(H,24,27). The Hall–Kier alpha value is -2.99. The number of hydrogen-bond donors (Lipinski definition) is 1. The van der Waals surface area contributed by atoms with Crippen molar-refractivity contribution in [2.45, 2.75) is 19.9 Å². The zero-order valence-electron chi connectivity index (χ0n) is 16.2. The number of carbonyl (C=O) groups excluding carboxylic acids is 1. The van der Waals surface area contributed by atoms with Gasteiger partial charge in [0.15, 0.2) is 0 Å². The van der Waals surface area contributed by atoms with Gasteiger partial charge in [-0.2, -0.15) is 0 Å². The van der Waals surface area contributed by atoms with Crippen LogP contribution in [0.25, 0.3) is 22.2 Å². The number of nitrogens with one attached hydrogen (secondary N) is 1. The highest BCUT2D eigenvalue weighted by Crippen LogP contribution is 2.25. The molecule has 1 aliphatic heterocycles. The van der Waals surface area contributed by atoms with Crippen LogP contribution in [0.1, 0.15) is 24.2 Å². The second-order valence-corrected chi connectivity index (χ2v) is 7.24. The minimum absolute atomic E-state index is 0.0629. The van der Waals surface area contributed by atoms with Crippen LogP contribution in [0, 0.1) is 0 Å². The van der Waals surface area contributed by atoms with E-state index in [1.807, 2.05) is 62.5 Å². The van der Waals surface area contributed by atoms with Crippen molar-refractivity contribution in [3.63, 3.8) is 0 Å². The maximum absolute atomic E-state index is 12.3. The number of ether oxygens (including phenoxy) is 1.